The molecule has 3 rings (SSSR count). The Labute approximate surface area is 155 Å². The van der Waals surface area contributed by atoms with Crippen molar-refractivity contribution in [3.05, 3.63) is 24.3 Å². The van der Waals surface area contributed by atoms with E-state index in [0.717, 1.165) is 42.5 Å². The Balaban J connectivity index is 1.69. The molecule has 6 nitrogen and oxygen atoms in total. The molecule has 0 aromatic heterocycles. The first-order valence-corrected chi connectivity index (χ1v) is 9.07. The van der Waals surface area contributed by atoms with Gasteiger partial charge in [0.25, 0.3) is 5.91 Å². The van der Waals surface area contributed by atoms with Crippen molar-refractivity contribution in [3.63, 3.8) is 0 Å². The Morgan fingerprint density at radius 3 is 2.35 bits per heavy atom. The number of nitrogens with zero attached hydrogens (tertiary/aromatic N) is 1. The maximum absolute atomic E-state index is 12.8. The lowest BCUT2D eigenvalue weighted by atomic mass is 10.1. The van der Waals surface area contributed by atoms with Crippen molar-refractivity contribution in [3.8, 4) is 5.75 Å². The molecule has 142 valence electrons. The van der Waals surface area contributed by atoms with Crippen LogP contribution in [0.5, 0.6) is 5.75 Å². The number of ether oxygens (including phenoxy) is 1. The Morgan fingerprint density at radius 1 is 1.19 bits per heavy atom. The van der Waals surface area contributed by atoms with Gasteiger partial charge < -0.3 is 14.5 Å². The summed E-state index contributed by atoms with van der Waals surface area (Å²) in [5, 5.41) is 0. The van der Waals surface area contributed by atoms with Crippen molar-refractivity contribution in [2.75, 3.05) is 37.6 Å². The lowest BCUT2D eigenvalue weighted by molar-refractivity contribution is -1.02. The van der Waals surface area contributed by atoms with E-state index >= 15 is 0 Å². The maximum Gasteiger partial charge on any atom is 0.487 e. The van der Waals surface area contributed by atoms with Gasteiger partial charge in [0.1, 0.15) is 31.9 Å². The van der Waals surface area contributed by atoms with E-state index in [4.69, 9.17) is 11.6 Å². The Kier molecular flexibility index (Phi) is 5.45. The zero-order valence-corrected chi connectivity index (χ0v) is 15.2. The monoisotopic (exact) mass is 389 g/mol. The van der Waals surface area contributed by atoms with Crippen LogP contribution in [0.2, 0.25) is 0 Å². The number of halogens is 3. The minimum atomic E-state index is -3.81. The third-order valence-electron chi connectivity index (χ3n) is 5.07. The van der Waals surface area contributed by atoms with Crippen molar-refractivity contribution >= 4 is 29.1 Å². The highest BCUT2D eigenvalue weighted by Gasteiger charge is 2.46. The van der Waals surface area contributed by atoms with Crippen molar-refractivity contribution in [1.82, 2.24) is 0 Å². The van der Waals surface area contributed by atoms with E-state index in [9.17, 15) is 18.4 Å². The van der Waals surface area contributed by atoms with Crippen LogP contribution in [0.4, 0.5) is 14.5 Å². The lowest BCUT2D eigenvalue weighted by Crippen LogP contribution is -3.29. The topological polar surface area (TPSA) is 55.5 Å². The Hall–Kier alpha value is -1.77. The van der Waals surface area contributed by atoms with Crippen LogP contribution < -0.4 is 19.4 Å². The van der Waals surface area contributed by atoms with Gasteiger partial charge in [0.05, 0.1) is 18.7 Å². The minimum absolute atomic E-state index is 0.145. The minimum Gasteiger partial charge on any atom is -0.420 e. The van der Waals surface area contributed by atoms with Gasteiger partial charge in [0.2, 0.25) is 5.91 Å². The summed E-state index contributed by atoms with van der Waals surface area (Å²) >= 11 is 4.73. The largest absolute Gasteiger partial charge is 0.487 e. The first-order chi connectivity index (χ1) is 12.3. The number of piperazine rings is 1. The molecule has 2 heterocycles. The summed E-state index contributed by atoms with van der Waals surface area (Å²) in [6, 6.07) is 4.96. The molecule has 2 aliphatic heterocycles. The Morgan fingerprint density at radius 2 is 1.81 bits per heavy atom. The highest BCUT2D eigenvalue weighted by molar-refractivity contribution is 6.22. The first kappa shape index (κ1) is 19.0. The number of benzene rings is 1. The Bertz CT molecular complexity index is 673. The van der Waals surface area contributed by atoms with Crippen LogP contribution in [0.25, 0.3) is 0 Å². The van der Waals surface area contributed by atoms with Crippen LogP contribution in [-0.2, 0) is 9.59 Å². The second-order valence-corrected chi connectivity index (χ2v) is 7.07. The summed E-state index contributed by atoms with van der Waals surface area (Å²) in [5.41, 5.74) is -3.46. The quantitative estimate of drug-likeness (QED) is 0.517. The fraction of sp³-hybridized carbons (Fsp3) is 0.529. The van der Waals surface area contributed by atoms with Crippen LogP contribution in [0.3, 0.4) is 0 Å². The van der Waals surface area contributed by atoms with Crippen molar-refractivity contribution in [2.24, 2.45) is 0 Å². The molecule has 0 spiro atoms. The van der Waals surface area contributed by atoms with Gasteiger partial charge in [-0.25, -0.2) is 4.90 Å². The zero-order chi connectivity index (χ0) is 18.9. The molecule has 9 heteroatoms. The number of hydrogen-bond donors (Lipinski definition) is 2. The summed E-state index contributed by atoms with van der Waals surface area (Å²) in [5.74, 6) is -0.649. The van der Waals surface area contributed by atoms with E-state index in [2.05, 4.69) is 11.7 Å². The molecule has 1 aromatic carbocycles. The third kappa shape index (κ3) is 4.13. The molecule has 2 saturated heterocycles. The molecule has 1 aromatic rings. The van der Waals surface area contributed by atoms with Gasteiger partial charge in [0.15, 0.2) is 6.04 Å². The van der Waals surface area contributed by atoms with Crippen LogP contribution in [0.1, 0.15) is 13.3 Å². The molecular weight excluding hydrogens is 368 g/mol. The van der Waals surface area contributed by atoms with Crippen molar-refractivity contribution < 1.29 is 32.9 Å². The average molecular weight is 390 g/mol. The van der Waals surface area contributed by atoms with E-state index < -0.39 is 5.57 Å². The number of quaternary nitrogens is 2. The number of anilines is 1. The van der Waals surface area contributed by atoms with Crippen LogP contribution in [0, 0.1) is 0 Å². The SMILES string of the molecule is CC[NH+]1CC[NH+](C2CC(=O)N(c3ccc(OC(F)(F)Cl)cc3)C2=O)CC1. The summed E-state index contributed by atoms with van der Waals surface area (Å²) in [7, 11) is 0. The van der Waals surface area contributed by atoms with Crippen LogP contribution in [-0.4, -0.2) is 56.1 Å². The molecule has 2 fully saturated rings. The highest BCUT2D eigenvalue weighted by Crippen LogP contribution is 2.28. The molecule has 0 aliphatic carbocycles. The number of rotatable bonds is 5. The summed E-state index contributed by atoms with van der Waals surface area (Å²) in [6.45, 7) is 6.90. The molecule has 1 atom stereocenters. The molecule has 1 unspecified atom stereocenters. The van der Waals surface area contributed by atoms with Gasteiger partial charge in [0, 0.05) is 11.6 Å². The number of likely N-dealkylation sites (N-methyl/N-ethyl adjacent to an activating group) is 1. The number of carbonyl (C=O) groups is 2. The summed E-state index contributed by atoms with van der Waals surface area (Å²) in [4.78, 5) is 29.0. The van der Waals surface area contributed by atoms with E-state index in [1.54, 1.807) is 0 Å². The molecule has 26 heavy (non-hydrogen) atoms. The standard InChI is InChI=1S/C17H20ClF2N3O3/c1-2-21-7-9-22(10-8-21)14-11-15(24)23(16(14)25)12-3-5-13(6-4-12)26-17(18,19)20/h3-6,14H,2,7-11H2,1H3/p+2. The second kappa shape index (κ2) is 7.46. The molecule has 2 aliphatic rings. The molecule has 2 amide bonds. The molecule has 2 N–H and O–H groups in total. The number of hydrogen-bond acceptors (Lipinski definition) is 3. The number of imide groups is 1. The molecule has 0 bridgehead atoms. The van der Waals surface area contributed by atoms with Crippen molar-refractivity contribution in [1.29, 1.82) is 0 Å². The van der Waals surface area contributed by atoms with Gasteiger partial charge in [-0.15, -0.1) is 8.78 Å². The van der Waals surface area contributed by atoms with Gasteiger partial charge >= 0.3 is 5.57 Å². The van der Waals surface area contributed by atoms with E-state index in [1.807, 2.05) is 0 Å². The van der Waals surface area contributed by atoms with Gasteiger partial charge in [-0.3, -0.25) is 9.59 Å². The van der Waals surface area contributed by atoms with E-state index in [-0.39, 0.29) is 30.0 Å². The lowest BCUT2D eigenvalue weighted by Gasteiger charge is -2.31. The predicted octanol–water partition coefficient (Wildman–Crippen LogP) is -0.710. The number of nitrogens with one attached hydrogen (secondary N) is 2. The van der Waals surface area contributed by atoms with Crippen molar-refractivity contribution in [2.45, 2.75) is 25.0 Å². The summed E-state index contributed by atoms with van der Waals surface area (Å²) < 4.78 is 29.6. The highest BCUT2D eigenvalue weighted by atomic mass is 35.5. The van der Waals surface area contributed by atoms with Crippen LogP contribution >= 0.6 is 11.6 Å². The number of alkyl halides is 3. The fourth-order valence-corrected chi connectivity index (χ4v) is 3.73. The van der Waals surface area contributed by atoms with Crippen LogP contribution in [0.15, 0.2) is 24.3 Å². The summed E-state index contributed by atoms with van der Waals surface area (Å²) in [6.07, 6.45) is 0.174. The smallest absolute Gasteiger partial charge is 0.420 e. The van der Waals surface area contributed by atoms with Gasteiger partial charge in [-0.1, -0.05) is 0 Å². The fourth-order valence-electron chi connectivity index (χ4n) is 3.65. The van der Waals surface area contributed by atoms with E-state index in [0.29, 0.717) is 5.69 Å². The second-order valence-electron chi connectivity index (χ2n) is 6.63. The molecular formula is C17H22ClF2N3O3+2. The predicted molar refractivity (Wildman–Crippen MR) is 90.7 cm³/mol. The number of amides is 2. The maximum atomic E-state index is 12.8. The third-order valence-corrected chi connectivity index (χ3v) is 5.14. The first-order valence-electron chi connectivity index (χ1n) is 8.69. The zero-order valence-electron chi connectivity index (χ0n) is 14.4. The number of carbonyl (C=O) groups excluding carboxylic acids is 2. The normalized spacial score (nSPS) is 27.1. The van der Waals surface area contributed by atoms with Gasteiger partial charge in [-0.2, -0.15) is 0 Å². The molecule has 0 radical (unpaired) electrons. The van der Waals surface area contributed by atoms with Gasteiger partial charge in [-0.05, 0) is 31.2 Å². The van der Waals surface area contributed by atoms with E-state index in [1.165, 1.54) is 29.2 Å². The molecule has 0 saturated carbocycles. The average Bonchev–Trinajstić information content (AvgIpc) is 2.89.